The summed E-state index contributed by atoms with van der Waals surface area (Å²) < 4.78 is 5.54. The summed E-state index contributed by atoms with van der Waals surface area (Å²) in [4.78, 5) is 14.5. The molecule has 1 aliphatic rings. The monoisotopic (exact) mass is 287 g/mol. The summed E-state index contributed by atoms with van der Waals surface area (Å²) >= 11 is 0. The van der Waals surface area contributed by atoms with E-state index in [4.69, 9.17) is 4.42 Å². The normalized spacial score (nSPS) is 19.3. The van der Waals surface area contributed by atoms with Gasteiger partial charge in [-0.15, -0.1) is 15.3 Å². The van der Waals surface area contributed by atoms with Crippen molar-refractivity contribution in [1.29, 1.82) is 0 Å². The highest BCUT2D eigenvalue weighted by Gasteiger charge is 2.31. The highest BCUT2D eigenvalue weighted by Crippen LogP contribution is 2.30. The molecule has 1 unspecified atom stereocenters. The van der Waals surface area contributed by atoms with Crippen molar-refractivity contribution < 1.29 is 9.21 Å². The Labute approximate surface area is 122 Å². The van der Waals surface area contributed by atoms with Crippen molar-refractivity contribution in [2.24, 2.45) is 0 Å². The third-order valence-corrected chi connectivity index (χ3v) is 3.63. The van der Waals surface area contributed by atoms with Gasteiger partial charge in [-0.25, -0.2) is 0 Å². The minimum Gasteiger partial charge on any atom is -0.423 e. The van der Waals surface area contributed by atoms with E-state index in [1.54, 1.807) is 30.2 Å². The molecule has 3 rings (SSSR count). The highest BCUT2D eigenvalue weighted by atomic mass is 16.4. The summed E-state index contributed by atoms with van der Waals surface area (Å²) in [6.07, 6.45) is 5.48. The second-order valence-electron chi connectivity index (χ2n) is 5.13. The highest BCUT2D eigenvalue weighted by molar-refractivity contribution is 5.92. The second-order valence-corrected chi connectivity index (χ2v) is 5.13. The number of hydrogen-bond donors (Lipinski definition) is 0. The molecule has 2 aromatic rings. The van der Waals surface area contributed by atoms with Crippen molar-refractivity contribution in [3.05, 3.63) is 35.8 Å². The van der Waals surface area contributed by atoms with Crippen molar-refractivity contribution in [3.63, 3.8) is 0 Å². The molecule has 1 saturated heterocycles. The number of hydrogen-bond acceptors (Lipinski definition) is 6. The minimum atomic E-state index is -0.178. The van der Waals surface area contributed by atoms with Crippen LogP contribution in [0.2, 0.25) is 0 Å². The van der Waals surface area contributed by atoms with Gasteiger partial charge in [0.05, 0.1) is 0 Å². The fraction of sp³-hybridized carbons (Fsp3) is 0.500. The number of aromatic nitrogens is 4. The van der Waals surface area contributed by atoms with Crippen molar-refractivity contribution in [3.8, 4) is 0 Å². The number of aryl methyl sites for hydroxylation is 1. The number of amides is 1. The lowest BCUT2D eigenvalue weighted by Gasteiger charge is -2.26. The lowest BCUT2D eigenvalue weighted by Crippen LogP contribution is -2.35. The van der Waals surface area contributed by atoms with E-state index >= 15 is 0 Å². The molecule has 7 heteroatoms. The lowest BCUT2D eigenvalue weighted by atomic mass is 10.1. The van der Waals surface area contributed by atoms with Crippen LogP contribution in [0.15, 0.2) is 22.7 Å². The van der Waals surface area contributed by atoms with Gasteiger partial charge < -0.3 is 9.32 Å². The Kier molecular flexibility index (Phi) is 3.89. The predicted molar refractivity (Wildman–Crippen MR) is 73.3 cm³/mol. The molecule has 1 fully saturated rings. The molecule has 0 spiro atoms. The van der Waals surface area contributed by atoms with Gasteiger partial charge in [-0.05, 0) is 25.0 Å². The van der Waals surface area contributed by atoms with Crippen LogP contribution in [0.5, 0.6) is 0 Å². The van der Waals surface area contributed by atoms with Gasteiger partial charge >= 0.3 is 0 Å². The maximum absolute atomic E-state index is 12.7. The van der Waals surface area contributed by atoms with Crippen molar-refractivity contribution in [2.75, 3.05) is 6.54 Å². The molecule has 0 radical (unpaired) electrons. The first-order valence-corrected chi connectivity index (χ1v) is 7.14. The zero-order valence-corrected chi connectivity index (χ0v) is 11.9. The van der Waals surface area contributed by atoms with Crippen LogP contribution >= 0.6 is 0 Å². The quantitative estimate of drug-likeness (QED) is 0.839. The van der Waals surface area contributed by atoms with E-state index in [0.717, 1.165) is 25.7 Å². The zero-order valence-electron chi connectivity index (χ0n) is 11.9. The molecule has 0 saturated carbocycles. The van der Waals surface area contributed by atoms with Gasteiger partial charge in [0.15, 0.2) is 5.69 Å². The maximum Gasteiger partial charge on any atom is 0.275 e. The van der Waals surface area contributed by atoms with Crippen LogP contribution in [0.25, 0.3) is 0 Å². The Balaban J connectivity index is 1.90. The van der Waals surface area contributed by atoms with Crippen LogP contribution in [-0.2, 0) is 0 Å². The van der Waals surface area contributed by atoms with Crippen LogP contribution in [0.1, 0.15) is 54.0 Å². The SMILES string of the molecule is Cc1nnc(C2CCCCCN2C(=O)c2cccnn2)o1. The average Bonchev–Trinajstić information content (AvgIpc) is 2.80. The molecule has 2 aromatic heterocycles. The van der Waals surface area contributed by atoms with Gasteiger partial charge in [0.25, 0.3) is 5.91 Å². The number of rotatable bonds is 2. The van der Waals surface area contributed by atoms with Crippen LogP contribution in [0.4, 0.5) is 0 Å². The summed E-state index contributed by atoms with van der Waals surface area (Å²) in [5, 5.41) is 15.7. The Morgan fingerprint density at radius 1 is 1.29 bits per heavy atom. The van der Waals surface area contributed by atoms with E-state index in [-0.39, 0.29) is 11.9 Å². The Bertz CT molecular complexity index is 613. The fourth-order valence-corrected chi connectivity index (χ4v) is 2.62. The van der Waals surface area contributed by atoms with Crippen LogP contribution in [0, 0.1) is 6.92 Å². The smallest absolute Gasteiger partial charge is 0.275 e. The molecule has 0 aromatic carbocycles. The molecule has 3 heterocycles. The van der Waals surface area contributed by atoms with E-state index in [2.05, 4.69) is 20.4 Å². The Morgan fingerprint density at radius 3 is 2.90 bits per heavy atom. The molecule has 7 nitrogen and oxygen atoms in total. The van der Waals surface area contributed by atoms with Crippen LogP contribution in [0.3, 0.4) is 0 Å². The fourth-order valence-electron chi connectivity index (χ4n) is 2.62. The molecule has 1 amide bonds. The molecule has 1 aliphatic heterocycles. The van der Waals surface area contributed by atoms with Gasteiger partial charge in [0.2, 0.25) is 11.8 Å². The molecular weight excluding hydrogens is 270 g/mol. The third-order valence-electron chi connectivity index (χ3n) is 3.63. The summed E-state index contributed by atoms with van der Waals surface area (Å²) in [6, 6.07) is 3.21. The first-order chi connectivity index (χ1) is 10.3. The Hall–Kier alpha value is -2.31. The molecule has 110 valence electrons. The molecule has 0 aliphatic carbocycles. The van der Waals surface area contributed by atoms with Gasteiger partial charge in [0.1, 0.15) is 6.04 Å². The van der Waals surface area contributed by atoms with Gasteiger partial charge in [-0.2, -0.15) is 5.10 Å². The van der Waals surface area contributed by atoms with Crippen LogP contribution in [-0.4, -0.2) is 37.7 Å². The average molecular weight is 287 g/mol. The topological polar surface area (TPSA) is 85.0 Å². The largest absolute Gasteiger partial charge is 0.423 e. The molecule has 1 atom stereocenters. The van der Waals surface area contributed by atoms with E-state index in [1.807, 2.05) is 0 Å². The maximum atomic E-state index is 12.7. The van der Waals surface area contributed by atoms with E-state index in [1.165, 1.54) is 0 Å². The first kappa shape index (κ1) is 13.7. The van der Waals surface area contributed by atoms with Crippen molar-refractivity contribution >= 4 is 5.91 Å². The van der Waals surface area contributed by atoms with E-state index in [0.29, 0.717) is 24.0 Å². The second kappa shape index (κ2) is 5.99. The summed E-state index contributed by atoms with van der Waals surface area (Å²) in [7, 11) is 0. The number of nitrogens with zero attached hydrogens (tertiary/aromatic N) is 5. The molecule has 21 heavy (non-hydrogen) atoms. The summed E-state index contributed by atoms with van der Waals surface area (Å²) in [6.45, 7) is 2.42. The number of carbonyl (C=O) groups is 1. The van der Waals surface area contributed by atoms with Gasteiger partial charge in [-0.1, -0.05) is 12.8 Å². The van der Waals surface area contributed by atoms with Gasteiger partial charge in [0, 0.05) is 19.7 Å². The lowest BCUT2D eigenvalue weighted by molar-refractivity contribution is 0.0643. The molecule has 0 N–H and O–H groups in total. The number of carbonyl (C=O) groups excluding carboxylic acids is 1. The minimum absolute atomic E-state index is 0.133. The molecule has 0 bridgehead atoms. The standard InChI is InChI=1S/C14H17N5O2/c1-10-16-18-13(21-10)12-7-3-2-4-9-19(12)14(20)11-6-5-8-15-17-11/h5-6,8,12H,2-4,7,9H2,1H3. The zero-order chi connectivity index (χ0) is 14.7. The van der Waals surface area contributed by atoms with Crippen molar-refractivity contribution in [1.82, 2.24) is 25.3 Å². The Morgan fingerprint density at radius 2 is 2.19 bits per heavy atom. The van der Waals surface area contributed by atoms with Gasteiger partial charge in [-0.3, -0.25) is 4.79 Å². The van der Waals surface area contributed by atoms with Crippen molar-refractivity contribution in [2.45, 2.75) is 38.6 Å². The molecular formula is C14H17N5O2. The number of likely N-dealkylation sites (tertiary alicyclic amines) is 1. The third kappa shape index (κ3) is 2.91. The van der Waals surface area contributed by atoms with E-state index in [9.17, 15) is 4.79 Å². The summed E-state index contributed by atoms with van der Waals surface area (Å²) in [5.74, 6) is 0.888. The predicted octanol–water partition coefficient (Wildman–Crippen LogP) is 1.93. The van der Waals surface area contributed by atoms with Crippen LogP contribution < -0.4 is 0 Å². The first-order valence-electron chi connectivity index (χ1n) is 7.14. The summed E-state index contributed by atoms with van der Waals surface area (Å²) in [5.41, 5.74) is 0.348. The van der Waals surface area contributed by atoms with E-state index < -0.39 is 0 Å².